The average Bonchev–Trinajstić information content (AvgIpc) is 2.91. The summed E-state index contributed by atoms with van der Waals surface area (Å²) in [6.07, 6.45) is 1.38. The lowest BCUT2D eigenvalue weighted by Gasteiger charge is -2.18. The fourth-order valence-corrected chi connectivity index (χ4v) is 2.76. The normalized spacial score (nSPS) is 13.1. The van der Waals surface area contributed by atoms with Gasteiger partial charge < -0.3 is 9.64 Å². The van der Waals surface area contributed by atoms with Crippen LogP contribution in [0.5, 0.6) is 5.75 Å². The van der Waals surface area contributed by atoms with Crippen LogP contribution in [0.3, 0.4) is 0 Å². The second-order valence-corrected chi connectivity index (χ2v) is 5.45. The van der Waals surface area contributed by atoms with E-state index in [1.54, 1.807) is 7.11 Å². The molecule has 0 saturated heterocycles. The minimum Gasteiger partial charge on any atom is -0.497 e. The quantitative estimate of drug-likeness (QED) is 0.865. The Morgan fingerprint density at radius 3 is 2.67 bits per heavy atom. The summed E-state index contributed by atoms with van der Waals surface area (Å²) >= 11 is 0. The van der Waals surface area contributed by atoms with Gasteiger partial charge in [-0.1, -0.05) is 24.3 Å². The van der Waals surface area contributed by atoms with Crippen molar-refractivity contribution in [3.8, 4) is 5.75 Å². The van der Waals surface area contributed by atoms with Crippen molar-refractivity contribution in [2.45, 2.75) is 19.8 Å². The van der Waals surface area contributed by atoms with E-state index in [4.69, 9.17) is 4.74 Å². The fourth-order valence-electron chi connectivity index (χ4n) is 2.76. The zero-order valence-electron chi connectivity index (χ0n) is 12.4. The second-order valence-electron chi connectivity index (χ2n) is 5.45. The Balaban J connectivity index is 1.76. The Labute approximate surface area is 125 Å². The number of methoxy groups -OCH3 is 1. The standard InChI is InChI=1S/C18H19NO2/c1-13-3-6-15-9-10-19(17(15)11-13)18(20)12-14-4-7-16(21-2)8-5-14/h3-8,11H,9-10,12H2,1-2H3. The highest BCUT2D eigenvalue weighted by molar-refractivity contribution is 5.96. The van der Waals surface area contributed by atoms with Crippen molar-refractivity contribution in [3.05, 3.63) is 59.2 Å². The van der Waals surface area contributed by atoms with E-state index >= 15 is 0 Å². The molecule has 0 unspecified atom stereocenters. The molecule has 0 bridgehead atoms. The van der Waals surface area contributed by atoms with Gasteiger partial charge in [0.15, 0.2) is 0 Å². The molecule has 3 nitrogen and oxygen atoms in total. The minimum absolute atomic E-state index is 0.157. The highest BCUT2D eigenvalue weighted by atomic mass is 16.5. The van der Waals surface area contributed by atoms with Crippen molar-refractivity contribution < 1.29 is 9.53 Å². The first-order valence-electron chi connectivity index (χ1n) is 7.20. The zero-order valence-corrected chi connectivity index (χ0v) is 12.4. The van der Waals surface area contributed by atoms with Crippen LogP contribution >= 0.6 is 0 Å². The first kappa shape index (κ1) is 13.7. The van der Waals surface area contributed by atoms with Crippen molar-refractivity contribution in [1.29, 1.82) is 0 Å². The van der Waals surface area contributed by atoms with E-state index in [1.807, 2.05) is 29.2 Å². The van der Waals surface area contributed by atoms with E-state index in [-0.39, 0.29) is 5.91 Å². The second kappa shape index (κ2) is 5.60. The lowest BCUT2D eigenvalue weighted by atomic mass is 10.1. The van der Waals surface area contributed by atoms with Gasteiger partial charge in [0.2, 0.25) is 5.91 Å². The maximum atomic E-state index is 12.5. The van der Waals surface area contributed by atoms with E-state index < -0.39 is 0 Å². The summed E-state index contributed by atoms with van der Waals surface area (Å²) < 4.78 is 5.14. The zero-order chi connectivity index (χ0) is 14.8. The van der Waals surface area contributed by atoms with Crippen molar-refractivity contribution in [3.63, 3.8) is 0 Å². The van der Waals surface area contributed by atoms with Gasteiger partial charge >= 0.3 is 0 Å². The number of nitrogens with zero attached hydrogens (tertiary/aromatic N) is 1. The number of ether oxygens (including phenoxy) is 1. The predicted octanol–water partition coefficient (Wildman–Crippen LogP) is 3.14. The van der Waals surface area contributed by atoms with Crippen molar-refractivity contribution in [1.82, 2.24) is 0 Å². The third kappa shape index (κ3) is 2.77. The van der Waals surface area contributed by atoms with Gasteiger partial charge in [-0.3, -0.25) is 4.79 Å². The van der Waals surface area contributed by atoms with Gasteiger partial charge in [-0.15, -0.1) is 0 Å². The van der Waals surface area contributed by atoms with Crippen LogP contribution < -0.4 is 9.64 Å². The van der Waals surface area contributed by atoms with E-state index in [9.17, 15) is 4.79 Å². The molecule has 3 heteroatoms. The average molecular weight is 281 g/mol. The van der Waals surface area contributed by atoms with Gasteiger partial charge in [0, 0.05) is 12.2 Å². The van der Waals surface area contributed by atoms with E-state index in [2.05, 4.69) is 25.1 Å². The first-order valence-corrected chi connectivity index (χ1v) is 7.20. The molecule has 2 aromatic carbocycles. The number of rotatable bonds is 3. The molecule has 0 spiro atoms. The number of benzene rings is 2. The molecule has 0 fully saturated rings. The van der Waals surface area contributed by atoms with Crippen LogP contribution in [0.1, 0.15) is 16.7 Å². The number of carbonyl (C=O) groups is 1. The molecule has 3 rings (SSSR count). The summed E-state index contributed by atoms with van der Waals surface area (Å²) in [5.41, 5.74) is 4.55. The highest BCUT2D eigenvalue weighted by Gasteiger charge is 2.24. The number of aryl methyl sites for hydroxylation is 1. The summed E-state index contributed by atoms with van der Waals surface area (Å²) in [4.78, 5) is 14.4. The van der Waals surface area contributed by atoms with Gasteiger partial charge in [0.05, 0.1) is 13.5 Å². The SMILES string of the molecule is COc1ccc(CC(=O)N2CCc3ccc(C)cc32)cc1. The number of anilines is 1. The summed E-state index contributed by atoms with van der Waals surface area (Å²) in [6.45, 7) is 2.85. The largest absolute Gasteiger partial charge is 0.497 e. The summed E-state index contributed by atoms with van der Waals surface area (Å²) in [7, 11) is 1.64. The maximum absolute atomic E-state index is 12.5. The molecule has 21 heavy (non-hydrogen) atoms. The Hall–Kier alpha value is -2.29. The van der Waals surface area contributed by atoms with Gasteiger partial charge in [-0.2, -0.15) is 0 Å². The lowest BCUT2D eigenvalue weighted by Crippen LogP contribution is -2.30. The molecule has 1 aliphatic rings. The topological polar surface area (TPSA) is 29.5 Å². The third-order valence-electron chi connectivity index (χ3n) is 3.95. The lowest BCUT2D eigenvalue weighted by molar-refractivity contribution is -0.117. The molecule has 0 atom stereocenters. The number of hydrogen-bond acceptors (Lipinski definition) is 2. The molecule has 1 aliphatic heterocycles. The van der Waals surface area contributed by atoms with E-state index in [0.29, 0.717) is 6.42 Å². The molecule has 1 heterocycles. The number of hydrogen-bond donors (Lipinski definition) is 0. The maximum Gasteiger partial charge on any atom is 0.231 e. The van der Waals surface area contributed by atoms with E-state index in [1.165, 1.54) is 11.1 Å². The Bertz CT molecular complexity index is 661. The third-order valence-corrected chi connectivity index (χ3v) is 3.95. The van der Waals surface area contributed by atoms with Gasteiger partial charge in [-0.05, 0) is 48.2 Å². The van der Waals surface area contributed by atoms with Crippen LogP contribution in [-0.4, -0.2) is 19.6 Å². The molecule has 0 saturated carbocycles. The van der Waals surface area contributed by atoms with Gasteiger partial charge in [0.25, 0.3) is 0 Å². The minimum atomic E-state index is 0.157. The first-order chi connectivity index (χ1) is 10.2. The molecule has 0 aliphatic carbocycles. The van der Waals surface area contributed by atoms with Crippen LogP contribution in [0.15, 0.2) is 42.5 Å². The molecule has 108 valence electrons. The summed E-state index contributed by atoms with van der Waals surface area (Å²) in [5, 5.41) is 0. The Morgan fingerprint density at radius 2 is 1.95 bits per heavy atom. The van der Waals surface area contributed by atoms with Crippen molar-refractivity contribution >= 4 is 11.6 Å². The summed E-state index contributed by atoms with van der Waals surface area (Å²) in [6, 6.07) is 14.0. The monoisotopic (exact) mass is 281 g/mol. The van der Waals surface area contributed by atoms with Gasteiger partial charge in [0.1, 0.15) is 5.75 Å². The number of amides is 1. The van der Waals surface area contributed by atoms with Crippen molar-refractivity contribution in [2.75, 3.05) is 18.6 Å². The highest BCUT2D eigenvalue weighted by Crippen LogP contribution is 2.29. The molecule has 0 N–H and O–H groups in total. The molecule has 0 radical (unpaired) electrons. The molecule has 2 aromatic rings. The molecular weight excluding hydrogens is 262 g/mol. The smallest absolute Gasteiger partial charge is 0.231 e. The Morgan fingerprint density at radius 1 is 1.19 bits per heavy atom. The van der Waals surface area contributed by atoms with Crippen LogP contribution in [0.25, 0.3) is 0 Å². The van der Waals surface area contributed by atoms with Crippen LogP contribution in [-0.2, 0) is 17.6 Å². The fraction of sp³-hybridized carbons (Fsp3) is 0.278. The van der Waals surface area contributed by atoms with Crippen LogP contribution in [0.2, 0.25) is 0 Å². The molecule has 1 amide bonds. The van der Waals surface area contributed by atoms with Crippen LogP contribution in [0, 0.1) is 6.92 Å². The van der Waals surface area contributed by atoms with E-state index in [0.717, 1.165) is 30.0 Å². The number of carbonyl (C=O) groups excluding carboxylic acids is 1. The molecular formula is C18H19NO2. The Kier molecular flexibility index (Phi) is 3.65. The van der Waals surface area contributed by atoms with Gasteiger partial charge in [-0.25, -0.2) is 0 Å². The number of fused-ring (bicyclic) bond motifs is 1. The summed E-state index contributed by atoms with van der Waals surface area (Å²) in [5.74, 6) is 0.970. The molecule has 0 aromatic heterocycles. The van der Waals surface area contributed by atoms with Crippen LogP contribution in [0.4, 0.5) is 5.69 Å². The predicted molar refractivity (Wildman–Crippen MR) is 83.9 cm³/mol. The van der Waals surface area contributed by atoms with Crippen molar-refractivity contribution in [2.24, 2.45) is 0 Å².